The summed E-state index contributed by atoms with van der Waals surface area (Å²) in [5.74, 6) is 0. The van der Waals surface area contributed by atoms with E-state index in [9.17, 15) is 0 Å². The quantitative estimate of drug-likeness (QED) is 0.165. The van der Waals surface area contributed by atoms with Crippen LogP contribution in [0.5, 0.6) is 0 Å². The Kier molecular flexibility index (Phi) is 7.18. The predicted molar refractivity (Wildman–Crippen MR) is 220 cm³/mol. The first kappa shape index (κ1) is 30.0. The van der Waals surface area contributed by atoms with Gasteiger partial charge in [-0.3, -0.25) is 0 Å². The topological polar surface area (TPSA) is 16.4 Å². The van der Waals surface area contributed by atoms with Gasteiger partial charge >= 0.3 is 0 Å². The second kappa shape index (κ2) is 12.5. The Morgan fingerprint density at radius 3 is 1.52 bits per heavy atom. The molecule has 0 fully saturated rings. The Bertz CT molecular complexity index is 2890. The fourth-order valence-electron chi connectivity index (χ4n) is 7.69. The van der Waals surface area contributed by atoms with Crippen molar-refractivity contribution in [2.45, 2.75) is 0 Å². The van der Waals surface area contributed by atoms with E-state index in [1.54, 1.807) is 0 Å². The summed E-state index contributed by atoms with van der Waals surface area (Å²) in [7, 11) is 0. The minimum Gasteiger partial charge on any atom is -0.456 e. The Morgan fingerprint density at radius 2 is 0.788 bits per heavy atom. The lowest BCUT2D eigenvalue weighted by atomic mass is 9.93. The van der Waals surface area contributed by atoms with Gasteiger partial charge in [-0.25, -0.2) is 0 Å². The largest absolute Gasteiger partial charge is 0.456 e. The van der Waals surface area contributed by atoms with Crippen LogP contribution in [-0.2, 0) is 0 Å². The molecule has 10 aromatic rings. The van der Waals surface area contributed by atoms with Crippen molar-refractivity contribution in [2.24, 2.45) is 0 Å². The van der Waals surface area contributed by atoms with Crippen LogP contribution in [0.3, 0.4) is 0 Å². The highest BCUT2D eigenvalue weighted by Gasteiger charge is 2.19. The molecule has 52 heavy (non-hydrogen) atoms. The van der Waals surface area contributed by atoms with E-state index in [0.717, 1.165) is 39.0 Å². The number of benzene rings is 9. The van der Waals surface area contributed by atoms with E-state index in [1.807, 2.05) is 0 Å². The molecule has 0 N–H and O–H groups in total. The van der Waals surface area contributed by atoms with E-state index in [4.69, 9.17) is 4.42 Å². The molecule has 244 valence electrons. The zero-order chi connectivity index (χ0) is 34.4. The summed E-state index contributed by atoms with van der Waals surface area (Å²) in [5, 5.41) is 7.12. The van der Waals surface area contributed by atoms with Crippen LogP contribution in [0.4, 0.5) is 17.1 Å². The zero-order valence-corrected chi connectivity index (χ0v) is 28.4. The third-order valence-electron chi connectivity index (χ3n) is 10.2. The standard InChI is InChI=1S/C50H33NO/c1-4-12-34(13-5-1)39-23-28-49-47(30-39)48-33-42(26-29-50(48)52-49)51(40-24-22-38-21-20-37-18-10-11-19-43(37)46(38)31-40)41-25-27-44(35-14-6-2-7-15-35)45(32-41)36-16-8-3-9-17-36/h1-33H. The molecular formula is C50H33NO. The second-order valence-corrected chi connectivity index (χ2v) is 13.3. The molecule has 0 aliphatic heterocycles. The molecule has 9 aromatic carbocycles. The number of fused-ring (bicyclic) bond motifs is 6. The molecule has 0 spiro atoms. The van der Waals surface area contributed by atoms with Gasteiger partial charge in [-0.1, -0.05) is 146 Å². The third-order valence-corrected chi connectivity index (χ3v) is 10.2. The van der Waals surface area contributed by atoms with E-state index in [0.29, 0.717) is 0 Å². The molecule has 2 nitrogen and oxygen atoms in total. The van der Waals surface area contributed by atoms with Gasteiger partial charge in [0.05, 0.1) is 0 Å². The fourth-order valence-corrected chi connectivity index (χ4v) is 7.69. The molecule has 10 rings (SSSR count). The number of rotatable bonds is 6. The molecule has 2 heteroatoms. The van der Waals surface area contributed by atoms with Crippen molar-refractivity contribution in [3.05, 3.63) is 200 Å². The SMILES string of the molecule is c1ccc(-c2ccc3oc4ccc(N(c5ccc(-c6ccccc6)c(-c6ccccc6)c5)c5ccc6ccc7ccccc7c6c5)cc4c3c2)cc1. The summed E-state index contributed by atoms with van der Waals surface area (Å²) in [6.45, 7) is 0. The first-order valence-corrected chi connectivity index (χ1v) is 17.8. The minimum absolute atomic E-state index is 0.873. The van der Waals surface area contributed by atoms with Crippen LogP contribution in [0, 0.1) is 0 Å². The summed E-state index contributed by atoms with van der Waals surface area (Å²) >= 11 is 0. The van der Waals surface area contributed by atoms with Gasteiger partial charge in [0.1, 0.15) is 11.2 Å². The van der Waals surface area contributed by atoms with Gasteiger partial charge in [0, 0.05) is 27.8 Å². The lowest BCUT2D eigenvalue weighted by molar-refractivity contribution is 0.669. The molecule has 0 radical (unpaired) electrons. The lowest BCUT2D eigenvalue weighted by Crippen LogP contribution is -2.10. The molecule has 1 heterocycles. The summed E-state index contributed by atoms with van der Waals surface area (Å²) in [6.07, 6.45) is 0. The highest BCUT2D eigenvalue weighted by molar-refractivity contribution is 6.10. The van der Waals surface area contributed by atoms with Gasteiger partial charge in [-0.15, -0.1) is 0 Å². The molecule has 0 unspecified atom stereocenters. The third kappa shape index (κ3) is 5.21. The van der Waals surface area contributed by atoms with Crippen molar-refractivity contribution < 1.29 is 4.42 Å². The Balaban J connectivity index is 1.22. The van der Waals surface area contributed by atoms with E-state index >= 15 is 0 Å². The highest BCUT2D eigenvalue weighted by Crippen LogP contribution is 2.44. The molecule has 0 atom stereocenters. The summed E-state index contributed by atoms with van der Waals surface area (Å²) in [5.41, 5.74) is 12.1. The molecule has 0 saturated carbocycles. The van der Waals surface area contributed by atoms with Crippen LogP contribution in [0.25, 0.3) is 76.9 Å². The number of nitrogens with zero attached hydrogens (tertiary/aromatic N) is 1. The number of anilines is 3. The number of hydrogen-bond acceptors (Lipinski definition) is 2. The van der Waals surface area contributed by atoms with E-state index in [2.05, 4.69) is 205 Å². The smallest absolute Gasteiger partial charge is 0.135 e. The Labute approximate surface area is 302 Å². The van der Waals surface area contributed by atoms with Crippen LogP contribution < -0.4 is 4.90 Å². The van der Waals surface area contributed by atoms with Crippen LogP contribution in [0.1, 0.15) is 0 Å². The lowest BCUT2D eigenvalue weighted by Gasteiger charge is -2.27. The van der Waals surface area contributed by atoms with Crippen LogP contribution in [0.15, 0.2) is 205 Å². The van der Waals surface area contributed by atoms with Gasteiger partial charge in [-0.05, 0) is 110 Å². The predicted octanol–water partition coefficient (Wildman–Crippen LogP) is 14.4. The first-order chi connectivity index (χ1) is 25.8. The van der Waals surface area contributed by atoms with Crippen LogP contribution in [0.2, 0.25) is 0 Å². The van der Waals surface area contributed by atoms with Crippen molar-refractivity contribution in [1.82, 2.24) is 0 Å². The maximum atomic E-state index is 6.42. The minimum atomic E-state index is 0.873. The normalized spacial score (nSPS) is 11.5. The molecular weight excluding hydrogens is 631 g/mol. The maximum absolute atomic E-state index is 6.42. The van der Waals surface area contributed by atoms with E-state index in [1.165, 1.54) is 54.9 Å². The summed E-state index contributed by atoms with van der Waals surface area (Å²) in [6, 6.07) is 71.8. The Morgan fingerprint density at radius 1 is 0.288 bits per heavy atom. The number of hydrogen-bond donors (Lipinski definition) is 0. The van der Waals surface area contributed by atoms with Gasteiger partial charge < -0.3 is 9.32 Å². The van der Waals surface area contributed by atoms with Gasteiger partial charge in [0.15, 0.2) is 0 Å². The molecule has 0 aliphatic rings. The fraction of sp³-hybridized carbons (Fsp3) is 0. The zero-order valence-electron chi connectivity index (χ0n) is 28.4. The number of furan rings is 1. The van der Waals surface area contributed by atoms with Crippen molar-refractivity contribution in [3.63, 3.8) is 0 Å². The van der Waals surface area contributed by atoms with Crippen molar-refractivity contribution >= 4 is 60.5 Å². The monoisotopic (exact) mass is 663 g/mol. The van der Waals surface area contributed by atoms with Gasteiger partial charge in [0.2, 0.25) is 0 Å². The molecule has 0 saturated heterocycles. The molecule has 0 amide bonds. The van der Waals surface area contributed by atoms with Crippen molar-refractivity contribution in [2.75, 3.05) is 4.90 Å². The summed E-state index contributed by atoms with van der Waals surface area (Å²) < 4.78 is 6.42. The van der Waals surface area contributed by atoms with E-state index < -0.39 is 0 Å². The molecule has 1 aromatic heterocycles. The van der Waals surface area contributed by atoms with Gasteiger partial charge in [-0.2, -0.15) is 0 Å². The highest BCUT2D eigenvalue weighted by atomic mass is 16.3. The van der Waals surface area contributed by atoms with Crippen molar-refractivity contribution in [3.8, 4) is 33.4 Å². The second-order valence-electron chi connectivity index (χ2n) is 13.3. The Hall–Kier alpha value is -6.90. The van der Waals surface area contributed by atoms with Crippen LogP contribution >= 0.6 is 0 Å². The average Bonchev–Trinajstić information content (AvgIpc) is 3.59. The van der Waals surface area contributed by atoms with Crippen molar-refractivity contribution in [1.29, 1.82) is 0 Å². The van der Waals surface area contributed by atoms with Gasteiger partial charge in [0.25, 0.3) is 0 Å². The first-order valence-electron chi connectivity index (χ1n) is 17.8. The van der Waals surface area contributed by atoms with Crippen LogP contribution in [-0.4, -0.2) is 0 Å². The average molecular weight is 664 g/mol. The molecule has 0 bridgehead atoms. The maximum Gasteiger partial charge on any atom is 0.135 e. The molecule has 0 aliphatic carbocycles. The van der Waals surface area contributed by atoms with E-state index in [-0.39, 0.29) is 0 Å². The summed E-state index contributed by atoms with van der Waals surface area (Å²) in [4.78, 5) is 2.39.